The molecule has 0 radical (unpaired) electrons. The summed E-state index contributed by atoms with van der Waals surface area (Å²) >= 11 is 9.72. The second kappa shape index (κ2) is 6.05. The summed E-state index contributed by atoms with van der Waals surface area (Å²) in [5, 5.41) is 4.98. The van der Waals surface area contributed by atoms with E-state index < -0.39 is 0 Å². The standard InChI is InChI=1S/C13H16BrClN4/c1-8-11(13(15)19(2)18-8)7-12(17-16)9-4-3-5-10(14)6-9/h3-6,12,17H,7,16H2,1-2H3. The summed E-state index contributed by atoms with van der Waals surface area (Å²) in [5.41, 5.74) is 5.90. The summed E-state index contributed by atoms with van der Waals surface area (Å²) in [6.45, 7) is 1.95. The number of aryl methyl sites for hydroxylation is 2. The third kappa shape index (κ3) is 3.17. The van der Waals surface area contributed by atoms with Gasteiger partial charge in [-0.3, -0.25) is 16.0 Å². The van der Waals surface area contributed by atoms with Crippen molar-refractivity contribution in [1.82, 2.24) is 15.2 Å². The Morgan fingerprint density at radius 3 is 2.79 bits per heavy atom. The van der Waals surface area contributed by atoms with E-state index in [2.05, 4.69) is 26.5 Å². The molecule has 3 N–H and O–H groups in total. The average molecular weight is 344 g/mol. The van der Waals surface area contributed by atoms with E-state index in [-0.39, 0.29) is 6.04 Å². The molecule has 0 bridgehead atoms. The molecule has 0 saturated carbocycles. The van der Waals surface area contributed by atoms with Crippen molar-refractivity contribution in [3.05, 3.63) is 50.7 Å². The summed E-state index contributed by atoms with van der Waals surface area (Å²) in [5.74, 6) is 5.67. The fraction of sp³-hybridized carbons (Fsp3) is 0.308. The van der Waals surface area contributed by atoms with Crippen LogP contribution in [0.3, 0.4) is 0 Å². The fourth-order valence-corrected chi connectivity index (χ4v) is 2.77. The van der Waals surface area contributed by atoms with Gasteiger partial charge in [0.25, 0.3) is 0 Å². The van der Waals surface area contributed by atoms with Gasteiger partial charge in [-0.25, -0.2) is 0 Å². The lowest BCUT2D eigenvalue weighted by atomic mass is 10.00. The van der Waals surface area contributed by atoms with Crippen LogP contribution in [0.5, 0.6) is 0 Å². The zero-order chi connectivity index (χ0) is 14.0. The molecule has 6 heteroatoms. The molecule has 1 heterocycles. The molecule has 0 spiro atoms. The van der Waals surface area contributed by atoms with Gasteiger partial charge in [0.1, 0.15) is 5.15 Å². The molecule has 1 aromatic heterocycles. The topological polar surface area (TPSA) is 55.9 Å². The summed E-state index contributed by atoms with van der Waals surface area (Å²) < 4.78 is 2.71. The molecular formula is C13H16BrClN4. The van der Waals surface area contributed by atoms with Gasteiger partial charge < -0.3 is 0 Å². The van der Waals surface area contributed by atoms with Crippen molar-refractivity contribution in [2.24, 2.45) is 12.9 Å². The maximum atomic E-state index is 6.26. The first kappa shape index (κ1) is 14.5. The lowest BCUT2D eigenvalue weighted by Crippen LogP contribution is -2.29. The largest absolute Gasteiger partial charge is 0.271 e. The third-order valence-corrected chi connectivity index (χ3v) is 4.10. The molecule has 19 heavy (non-hydrogen) atoms. The highest BCUT2D eigenvalue weighted by Crippen LogP contribution is 2.26. The molecule has 0 aliphatic carbocycles. The Morgan fingerprint density at radius 1 is 1.53 bits per heavy atom. The van der Waals surface area contributed by atoms with Gasteiger partial charge in [-0.2, -0.15) is 5.10 Å². The van der Waals surface area contributed by atoms with Gasteiger partial charge in [0.05, 0.1) is 11.7 Å². The maximum Gasteiger partial charge on any atom is 0.130 e. The number of nitrogens with zero attached hydrogens (tertiary/aromatic N) is 2. The first-order chi connectivity index (χ1) is 9.02. The van der Waals surface area contributed by atoms with Crippen LogP contribution >= 0.6 is 27.5 Å². The minimum Gasteiger partial charge on any atom is -0.271 e. The molecule has 2 rings (SSSR count). The van der Waals surface area contributed by atoms with Gasteiger partial charge in [0.2, 0.25) is 0 Å². The van der Waals surface area contributed by atoms with Crippen molar-refractivity contribution in [1.29, 1.82) is 0 Å². The Hall–Kier alpha value is -0.880. The number of halogens is 2. The first-order valence-electron chi connectivity index (χ1n) is 5.92. The summed E-state index contributed by atoms with van der Waals surface area (Å²) in [4.78, 5) is 0. The lowest BCUT2D eigenvalue weighted by molar-refractivity contribution is 0.550. The molecule has 0 aliphatic rings. The number of benzene rings is 1. The number of aromatic nitrogens is 2. The van der Waals surface area contributed by atoms with Crippen LogP contribution in [0.15, 0.2) is 28.7 Å². The normalized spacial score (nSPS) is 12.7. The van der Waals surface area contributed by atoms with Crippen LogP contribution in [0.1, 0.15) is 22.9 Å². The van der Waals surface area contributed by atoms with Gasteiger partial charge in [0.15, 0.2) is 0 Å². The van der Waals surface area contributed by atoms with Crippen molar-refractivity contribution < 1.29 is 0 Å². The van der Waals surface area contributed by atoms with Crippen LogP contribution in [0.4, 0.5) is 0 Å². The molecule has 0 amide bonds. The summed E-state index contributed by atoms with van der Waals surface area (Å²) in [6.07, 6.45) is 0.700. The SMILES string of the molecule is Cc1nn(C)c(Cl)c1CC(NN)c1cccc(Br)c1. The van der Waals surface area contributed by atoms with Crippen molar-refractivity contribution in [3.8, 4) is 0 Å². The fourth-order valence-electron chi connectivity index (χ4n) is 2.11. The van der Waals surface area contributed by atoms with Crippen LogP contribution in [-0.2, 0) is 13.5 Å². The molecular weight excluding hydrogens is 328 g/mol. The van der Waals surface area contributed by atoms with E-state index in [0.29, 0.717) is 11.6 Å². The minimum atomic E-state index is -0.00194. The van der Waals surface area contributed by atoms with Gasteiger partial charge in [-0.05, 0) is 31.0 Å². The zero-order valence-electron chi connectivity index (χ0n) is 10.8. The molecule has 102 valence electrons. The van der Waals surface area contributed by atoms with E-state index in [0.717, 1.165) is 21.3 Å². The van der Waals surface area contributed by atoms with Crippen molar-refractivity contribution in [2.75, 3.05) is 0 Å². The summed E-state index contributed by atoms with van der Waals surface area (Å²) in [6, 6.07) is 8.05. The number of nitrogens with one attached hydrogen (secondary N) is 1. The zero-order valence-corrected chi connectivity index (χ0v) is 13.2. The van der Waals surface area contributed by atoms with Crippen LogP contribution in [-0.4, -0.2) is 9.78 Å². The lowest BCUT2D eigenvalue weighted by Gasteiger charge is -2.16. The van der Waals surface area contributed by atoms with Crippen LogP contribution in [0.25, 0.3) is 0 Å². The smallest absolute Gasteiger partial charge is 0.130 e. The molecule has 0 saturated heterocycles. The van der Waals surface area contributed by atoms with E-state index in [4.69, 9.17) is 17.4 Å². The number of rotatable bonds is 4. The monoisotopic (exact) mass is 342 g/mol. The molecule has 1 atom stereocenters. The van der Waals surface area contributed by atoms with Crippen molar-refractivity contribution >= 4 is 27.5 Å². The van der Waals surface area contributed by atoms with Gasteiger partial charge >= 0.3 is 0 Å². The number of nitrogens with two attached hydrogens (primary N) is 1. The highest BCUT2D eigenvalue weighted by molar-refractivity contribution is 9.10. The highest BCUT2D eigenvalue weighted by Gasteiger charge is 2.17. The van der Waals surface area contributed by atoms with Gasteiger partial charge in [0, 0.05) is 17.1 Å². The number of hydrazine groups is 1. The average Bonchev–Trinajstić information content (AvgIpc) is 2.61. The Balaban J connectivity index is 2.29. The third-order valence-electron chi connectivity index (χ3n) is 3.13. The molecule has 1 unspecified atom stereocenters. The molecule has 0 aliphatic heterocycles. The quantitative estimate of drug-likeness (QED) is 0.663. The Kier molecular flexibility index (Phi) is 4.62. The van der Waals surface area contributed by atoms with Crippen molar-refractivity contribution in [2.45, 2.75) is 19.4 Å². The van der Waals surface area contributed by atoms with Gasteiger partial charge in [-0.1, -0.05) is 39.7 Å². The van der Waals surface area contributed by atoms with E-state index >= 15 is 0 Å². The van der Waals surface area contributed by atoms with E-state index in [1.54, 1.807) is 4.68 Å². The molecule has 4 nitrogen and oxygen atoms in total. The molecule has 2 aromatic rings. The Labute approximate surface area is 126 Å². The van der Waals surface area contributed by atoms with E-state index in [9.17, 15) is 0 Å². The highest BCUT2D eigenvalue weighted by atomic mass is 79.9. The van der Waals surface area contributed by atoms with Crippen molar-refractivity contribution in [3.63, 3.8) is 0 Å². The van der Waals surface area contributed by atoms with E-state index in [1.807, 2.05) is 38.2 Å². The number of hydrogen-bond donors (Lipinski definition) is 2. The van der Waals surface area contributed by atoms with E-state index in [1.165, 1.54) is 0 Å². The maximum absolute atomic E-state index is 6.26. The van der Waals surface area contributed by atoms with Crippen LogP contribution < -0.4 is 11.3 Å². The number of hydrogen-bond acceptors (Lipinski definition) is 3. The second-order valence-corrected chi connectivity index (χ2v) is 5.73. The minimum absolute atomic E-state index is 0.00194. The summed E-state index contributed by atoms with van der Waals surface area (Å²) in [7, 11) is 1.84. The Morgan fingerprint density at radius 2 is 2.26 bits per heavy atom. The van der Waals surface area contributed by atoms with Crippen LogP contribution in [0.2, 0.25) is 5.15 Å². The predicted octanol–water partition coefficient (Wildman–Crippen LogP) is 2.89. The van der Waals surface area contributed by atoms with Gasteiger partial charge in [-0.15, -0.1) is 0 Å². The predicted molar refractivity (Wildman–Crippen MR) is 80.9 cm³/mol. The molecule has 1 aromatic carbocycles. The van der Waals surface area contributed by atoms with Crippen LogP contribution in [0, 0.1) is 6.92 Å². The molecule has 0 fully saturated rings. The second-order valence-electron chi connectivity index (χ2n) is 4.46. The first-order valence-corrected chi connectivity index (χ1v) is 7.09. The Bertz CT molecular complexity index is 582.